The number of ether oxygens (including phenoxy) is 2. The first-order chi connectivity index (χ1) is 10.2. The predicted molar refractivity (Wildman–Crippen MR) is 81.6 cm³/mol. The number of carbonyl (C=O) groups excluding carboxylic acids is 1. The Hall–Kier alpha value is -2.01. The molecule has 21 heavy (non-hydrogen) atoms. The fourth-order valence-corrected chi connectivity index (χ4v) is 1.87. The van der Waals surface area contributed by atoms with Crippen LogP contribution >= 0.6 is 0 Å². The molecule has 0 aromatic heterocycles. The van der Waals surface area contributed by atoms with Crippen molar-refractivity contribution in [2.45, 2.75) is 25.4 Å². The van der Waals surface area contributed by atoms with Crippen LogP contribution in [0.25, 0.3) is 0 Å². The zero-order valence-electron chi connectivity index (χ0n) is 12.4. The van der Waals surface area contributed by atoms with Gasteiger partial charge in [-0.3, -0.25) is 4.79 Å². The standard InChI is InChI=1S/C16H22N2O3/c1-3-8-17-16(19)11-21-15-9-12(4-7-14(15)20-2)10-18-13-5-6-13/h3-4,7,9,13,18H,1,5-6,8,10-11H2,2H3,(H,17,19). The topological polar surface area (TPSA) is 59.6 Å². The summed E-state index contributed by atoms with van der Waals surface area (Å²) in [5, 5.41) is 6.11. The van der Waals surface area contributed by atoms with E-state index in [9.17, 15) is 4.79 Å². The summed E-state index contributed by atoms with van der Waals surface area (Å²) in [5.74, 6) is 1.03. The minimum atomic E-state index is -0.182. The molecule has 0 heterocycles. The van der Waals surface area contributed by atoms with Crippen LogP contribution in [0.5, 0.6) is 11.5 Å². The van der Waals surface area contributed by atoms with E-state index in [1.165, 1.54) is 12.8 Å². The van der Waals surface area contributed by atoms with E-state index in [0.29, 0.717) is 24.1 Å². The van der Waals surface area contributed by atoms with Gasteiger partial charge in [-0.05, 0) is 30.5 Å². The maximum Gasteiger partial charge on any atom is 0.258 e. The Labute approximate surface area is 125 Å². The molecule has 0 aliphatic heterocycles. The lowest BCUT2D eigenvalue weighted by atomic mass is 10.2. The van der Waals surface area contributed by atoms with E-state index in [1.54, 1.807) is 13.2 Å². The zero-order chi connectivity index (χ0) is 15.1. The Morgan fingerprint density at radius 1 is 1.43 bits per heavy atom. The van der Waals surface area contributed by atoms with E-state index < -0.39 is 0 Å². The van der Waals surface area contributed by atoms with Gasteiger partial charge in [0.15, 0.2) is 18.1 Å². The Balaban J connectivity index is 1.92. The third-order valence-electron chi connectivity index (χ3n) is 3.20. The molecular weight excluding hydrogens is 268 g/mol. The second-order valence-electron chi connectivity index (χ2n) is 5.02. The van der Waals surface area contributed by atoms with Crippen LogP contribution in [0.3, 0.4) is 0 Å². The highest BCUT2D eigenvalue weighted by Gasteiger charge is 2.20. The third-order valence-corrected chi connectivity index (χ3v) is 3.20. The molecule has 1 aromatic rings. The highest BCUT2D eigenvalue weighted by Crippen LogP contribution is 2.28. The fourth-order valence-electron chi connectivity index (χ4n) is 1.87. The molecule has 1 fully saturated rings. The predicted octanol–water partition coefficient (Wildman–Crippen LogP) is 1.63. The van der Waals surface area contributed by atoms with Crippen LogP contribution in [0, 0.1) is 0 Å². The molecule has 2 rings (SSSR count). The van der Waals surface area contributed by atoms with Crippen molar-refractivity contribution in [3.05, 3.63) is 36.4 Å². The largest absolute Gasteiger partial charge is 0.493 e. The molecule has 5 nitrogen and oxygen atoms in total. The summed E-state index contributed by atoms with van der Waals surface area (Å²) in [6.45, 7) is 4.74. The quantitative estimate of drug-likeness (QED) is 0.679. The van der Waals surface area contributed by atoms with Crippen LogP contribution < -0.4 is 20.1 Å². The molecule has 2 N–H and O–H groups in total. The number of nitrogens with one attached hydrogen (secondary N) is 2. The molecule has 1 aliphatic carbocycles. The number of carbonyl (C=O) groups is 1. The van der Waals surface area contributed by atoms with Crippen molar-refractivity contribution in [2.24, 2.45) is 0 Å². The number of amides is 1. The molecule has 0 radical (unpaired) electrons. The van der Waals surface area contributed by atoms with Gasteiger partial charge >= 0.3 is 0 Å². The Kier molecular flexibility index (Phi) is 5.63. The van der Waals surface area contributed by atoms with E-state index in [2.05, 4.69) is 17.2 Å². The van der Waals surface area contributed by atoms with Crippen molar-refractivity contribution in [1.82, 2.24) is 10.6 Å². The summed E-state index contributed by atoms with van der Waals surface area (Å²) < 4.78 is 10.8. The Morgan fingerprint density at radius 2 is 2.24 bits per heavy atom. The second-order valence-corrected chi connectivity index (χ2v) is 5.02. The van der Waals surface area contributed by atoms with E-state index in [1.807, 2.05) is 18.2 Å². The SMILES string of the molecule is C=CCNC(=O)COc1cc(CNC2CC2)ccc1OC. The highest BCUT2D eigenvalue weighted by atomic mass is 16.5. The molecular formula is C16H22N2O3. The van der Waals surface area contributed by atoms with E-state index in [0.717, 1.165) is 12.1 Å². The second kappa shape index (κ2) is 7.69. The van der Waals surface area contributed by atoms with E-state index in [4.69, 9.17) is 9.47 Å². The van der Waals surface area contributed by atoms with Crippen LogP contribution in [0.1, 0.15) is 18.4 Å². The molecule has 0 spiro atoms. The fraction of sp³-hybridized carbons (Fsp3) is 0.438. The monoisotopic (exact) mass is 290 g/mol. The van der Waals surface area contributed by atoms with Crippen molar-refractivity contribution < 1.29 is 14.3 Å². The van der Waals surface area contributed by atoms with Crippen molar-refractivity contribution in [3.63, 3.8) is 0 Å². The number of methoxy groups -OCH3 is 1. The van der Waals surface area contributed by atoms with Crippen molar-refractivity contribution in [2.75, 3.05) is 20.3 Å². The molecule has 0 saturated heterocycles. The number of rotatable bonds is 9. The minimum Gasteiger partial charge on any atom is -0.493 e. The Morgan fingerprint density at radius 3 is 2.90 bits per heavy atom. The summed E-state index contributed by atoms with van der Waals surface area (Å²) in [4.78, 5) is 11.5. The summed E-state index contributed by atoms with van der Waals surface area (Å²) in [6, 6.07) is 6.43. The van der Waals surface area contributed by atoms with Crippen molar-refractivity contribution in [1.29, 1.82) is 0 Å². The number of hydrogen-bond donors (Lipinski definition) is 2. The van der Waals surface area contributed by atoms with Crippen LogP contribution in [0.2, 0.25) is 0 Å². The van der Waals surface area contributed by atoms with Crippen LogP contribution in [-0.4, -0.2) is 32.2 Å². The maximum atomic E-state index is 11.5. The van der Waals surface area contributed by atoms with Gasteiger partial charge in [-0.25, -0.2) is 0 Å². The van der Waals surface area contributed by atoms with Gasteiger partial charge in [0, 0.05) is 19.1 Å². The lowest BCUT2D eigenvalue weighted by molar-refractivity contribution is -0.122. The normalized spacial score (nSPS) is 13.6. The van der Waals surface area contributed by atoms with Crippen molar-refractivity contribution >= 4 is 5.91 Å². The maximum absolute atomic E-state index is 11.5. The van der Waals surface area contributed by atoms with Gasteiger partial charge in [0.1, 0.15) is 0 Å². The lowest BCUT2D eigenvalue weighted by Crippen LogP contribution is -2.28. The molecule has 0 atom stereocenters. The molecule has 0 unspecified atom stereocenters. The smallest absolute Gasteiger partial charge is 0.258 e. The van der Waals surface area contributed by atoms with Gasteiger partial charge in [0.05, 0.1) is 7.11 Å². The van der Waals surface area contributed by atoms with Gasteiger partial charge in [0.2, 0.25) is 0 Å². The first-order valence-corrected chi connectivity index (χ1v) is 7.13. The van der Waals surface area contributed by atoms with Crippen LogP contribution in [0.4, 0.5) is 0 Å². The lowest BCUT2D eigenvalue weighted by Gasteiger charge is -2.12. The summed E-state index contributed by atoms with van der Waals surface area (Å²) >= 11 is 0. The van der Waals surface area contributed by atoms with Gasteiger partial charge in [0.25, 0.3) is 5.91 Å². The van der Waals surface area contributed by atoms with Gasteiger partial charge in [-0.2, -0.15) is 0 Å². The van der Waals surface area contributed by atoms with Gasteiger partial charge in [-0.15, -0.1) is 6.58 Å². The average molecular weight is 290 g/mol. The van der Waals surface area contributed by atoms with Crippen molar-refractivity contribution in [3.8, 4) is 11.5 Å². The zero-order valence-corrected chi connectivity index (χ0v) is 12.4. The summed E-state index contributed by atoms with van der Waals surface area (Å²) in [7, 11) is 1.59. The molecule has 1 aromatic carbocycles. The summed E-state index contributed by atoms with van der Waals surface area (Å²) in [5.41, 5.74) is 1.11. The minimum absolute atomic E-state index is 0.0380. The molecule has 0 bridgehead atoms. The first kappa shape index (κ1) is 15.4. The molecule has 1 aliphatic rings. The van der Waals surface area contributed by atoms with Crippen LogP contribution in [0.15, 0.2) is 30.9 Å². The number of hydrogen-bond acceptors (Lipinski definition) is 4. The molecule has 1 amide bonds. The third kappa shape index (κ3) is 5.11. The molecule has 114 valence electrons. The van der Waals surface area contributed by atoms with Gasteiger partial charge in [-0.1, -0.05) is 12.1 Å². The molecule has 5 heteroatoms. The Bertz CT molecular complexity index is 498. The van der Waals surface area contributed by atoms with E-state index >= 15 is 0 Å². The molecule has 1 saturated carbocycles. The average Bonchev–Trinajstić information content (AvgIpc) is 3.33. The number of benzene rings is 1. The first-order valence-electron chi connectivity index (χ1n) is 7.13. The van der Waals surface area contributed by atoms with E-state index in [-0.39, 0.29) is 12.5 Å². The summed E-state index contributed by atoms with van der Waals surface area (Å²) in [6.07, 6.45) is 4.13. The highest BCUT2D eigenvalue weighted by molar-refractivity contribution is 5.77. The van der Waals surface area contributed by atoms with Crippen LogP contribution in [-0.2, 0) is 11.3 Å². The van der Waals surface area contributed by atoms with Gasteiger partial charge < -0.3 is 20.1 Å².